The zero-order valence-electron chi connectivity index (χ0n) is 12.3. The minimum atomic E-state index is -0.170. The van der Waals surface area contributed by atoms with Crippen molar-refractivity contribution in [1.82, 2.24) is 4.90 Å². The van der Waals surface area contributed by atoms with E-state index in [4.69, 9.17) is 0 Å². The Bertz CT molecular complexity index is 365. The molecule has 2 rings (SSSR count). The summed E-state index contributed by atoms with van der Waals surface area (Å²) in [5.41, 5.74) is 1.33. The maximum absolute atomic E-state index is 10.4. The summed E-state index contributed by atoms with van der Waals surface area (Å²) in [6.45, 7) is 2.24. The molecule has 0 radical (unpaired) electrons. The van der Waals surface area contributed by atoms with Crippen molar-refractivity contribution >= 4 is 0 Å². The van der Waals surface area contributed by atoms with Gasteiger partial charge in [0.05, 0.1) is 6.10 Å². The first-order chi connectivity index (χ1) is 9.20. The van der Waals surface area contributed by atoms with Gasteiger partial charge in [-0.2, -0.15) is 0 Å². The first-order valence-electron chi connectivity index (χ1n) is 7.65. The van der Waals surface area contributed by atoms with Crippen LogP contribution in [0.2, 0.25) is 0 Å². The van der Waals surface area contributed by atoms with E-state index in [1.807, 2.05) is 0 Å². The van der Waals surface area contributed by atoms with Gasteiger partial charge in [0.25, 0.3) is 0 Å². The third-order valence-corrected chi connectivity index (χ3v) is 4.61. The molecule has 1 N–H and O–H groups in total. The Balaban J connectivity index is 2.05. The molecule has 1 fully saturated rings. The second-order valence-electron chi connectivity index (χ2n) is 5.88. The number of likely N-dealkylation sites (N-methyl/N-ethyl adjacent to an activating group) is 1. The molecule has 0 saturated heterocycles. The van der Waals surface area contributed by atoms with E-state index in [-0.39, 0.29) is 6.10 Å². The molecule has 1 saturated carbocycles. The molecule has 1 aliphatic carbocycles. The molecule has 0 amide bonds. The summed E-state index contributed by atoms with van der Waals surface area (Å²) in [6, 6.07) is 11.3. The van der Waals surface area contributed by atoms with Gasteiger partial charge in [-0.05, 0) is 32.4 Å². The van der Waals surface area contributed by atoms with E-state index in [1.54, 1.807) is 0 Å². The van der Waals surface area contributed by atoms with Gasteiger partial charge in [0.1, 0.15) is 0 Å². The maximum Gasteiger partial charge on any atom is 0.0695 e. The van der Waals surface area contributed by atoms with Crippen molar-refractivity contribution < 1.29 is 5.11 Å². The first kappa shape index (κ1) is 14.5. The smallest absolute Gasteiger partial charge is 0.0695 e. The molecular weight excluding hydrogens is 234 g/mol. The van der Waals surface area contributed by atoms with Gasteiger partial charge in [-0.1, -0.05) is 56.0 Å². The molecule has 0 heterocycles. The SMILES string of the molecule is C[C@@H](c1ccccc1)N(C)[C@H]1CCCCCC[C@@H]1O. The maximum atomic E-state index is 10.4. The van der Waals surface area contributed by atoms with Crippen LogP contribution >= 0.6 is 0 Å². The molecule has 19 heavy (non-hydrogen) atoms. The van der Waals surface area contributed by atoms with Crippen LogP contribution in [0.15, 0.2) is 30.3 Å². The van der Waals surface area contributed by atoms with Gasteiger partial charge in [-0.15, -0.1) is 0 Å². The van der Waals surface area contributed by atoms with Gasteiger partial charge in [-0.25, -0.2) is 0 Å². The minimum Gasteiger partial charge on any atom is -0.391 e. The van der Waals surface area contributed by atoms with E-state index in [2.05, 4.69) is 49.2 Å². The lowest BCUT2D eigenvalue weighted by molar-refractivity contribution is 0.0267. The van der Waals surface area contributed by atoms with Gasteiger partial charge in [0, 0.05) is 12.1 Å². The molecule has 0 spiro atoms. The fourth-order valence-corrected chi connectivity index (χ4v) is 3.17. The van der Waals surface area contributed by atoms with Crippen molar-refractivity contribution in [2.75, 3.05) is 7.05 Å². The van der Waals surface area contributed by atoms with Gasteiger partial charge >= 0.3 is 0 Å². The summed E-state index contributed by atoms with van der Waals surface area (Å²) < 4.78 is 0. The summed E-state index contributed by atoms with van der Waals surface area (Å²) >= 11 is 0. The molecule has 0 unspecified atom stereocenters. The molecule has 1 aliphatic rings. The Morgan fingerprint density at radius 1 is 1.05 bits per heavy atom. The fourth-order valence-electron chi connectivity index (χ4n) is 3.17. The predicted octanol–water partition coefficient (Wildman–Crippen LogP) is 3.76. The highest BCUT2D eigenvalue weighted by molar-refractivity contribution is 5.18. The third-order valence-electron chi connectivity index (χ3n) is 4.61. The quantitative estimate of drug-likeness (QED) is 0.895. The molecule has 2 nitrogen and oxygen atoms in total. The summed E-state index contributed by atoms with van der Waals surface area (Å²) in [4.78, 5) is 2.37. The topological polar surface area (TPSA) is 23.5 Å². The average Bonchev–Trinajstić information content (AvgIpc) is 2.43. The Labute approximate surface area is 117 Å². The number of rotatable bonds is 3. The lowest BCUT2D eigenvalue weighted by atomic mass is 9.92. The fraction of sp³-hybridized carbons (Fsp3) is 0.647. The zero-order chi connectivity index (χ0) is 13.7. The van der Waals surface area contributed by atoms with Gasteiger partial charge < -0.3 is 5.11 Å². The first-order valence-corrected chi connectivity index (χ1v) is 7.65. The van der Waals surface area contributed by atoms with Gasteiger partial charge in [-0.3, -0.25) is 4.90 Å². The highest BCUT2D eigenvalue weighted by atomic mass is 16.3. The molecule has 3 atom stereocenters. The molecular formula is C17H27NO. The van der Waals surface area contributed by atoms with Crippen molar-refractivity contribution in [2.24, 2.45) is 0 Å². The highest BCUT2D eigenvalue weighted by Crippen LogP contribution is 2.27. The number of aliphatic hydroxyl groups is 1. The number of aliphatic hydroxyl groups excluding tert-OH is 1. The number of hydrogen-bond donors (Lipinski definition) is 1. The standard InChI is InChI=1S/C17H27NO/c1-14(15-10-6-5-7-11-15)18(2)16-12-8-3-4-9-13-17(16)19/h5-7,10-11,14,16-17,19H,3-4,8-9,12-13H2,1-2H3/t14-,16-,17-/m0/s1. The Hall–Kier alpha value is -0.860. The molecule has 0 bridgehead atoms. The monoisotopic (exact) mass is 261 g/mol. The lowest BCUT2D eigenvalue weighted by Crippen LogP contribution is -2.43. The Morgan fingerprint density at radius 3 is 2.37 bits per heavy atom. The van der Waals surface area contributed by atoms with Gasteiger partial charge in [0.15, 0.2) is 0 Å². The van der Waals surface area contributed by atoms with E-state index in [0.717, 1.165) is 12.8 Å². The molecule has 0 aromatic heterocycles. The van der Waals surface area contributed by atoms with Crippen molar-refractivity contribution in [2.45, 2.75) is 63.6 Å². The Kier molecular flexibility index (Phi) is 5.41. The van der Waals surface area contributed by atoms with E-state index in [1.165, 1.54) is 31.2 Å². The van der Waals surface area contributed by atoms with Crippen LogP contribution < -0.4 is 0 Å². The largest absolute Gasteiger partial charge is 0.391 e. The molecule has 1 aromatic rings. The van der Waals surface area contributed by atoms with E-state index >= 15 is 0 Å². The van der Waals surface area contributed by atoms with Crippen LogP contribution in [0.5, 0.6) is 0 Å². The lowest BCUT2D eigenvalue weighted by Gasteiger charge is -2.37. The number of benzene rings is 1. The number of hydrogen-bond acceptors (Lipinski definition) is 2. The molecule has 2 heteroatoms. The van der Waals surface area contributed by atoms with Crippen LogP contribution in [0, 0.1) is 0 Å². The molecule has 1 aromatic carbocycles. The molecule has 0 aliphatic heterocycles. The predicted molar refractivity (Wildman–Crippen MR) is 80.1 cm³/mol. The van der Waals surface area contributed by atoms with Crippen LogP contribution in [0.25, 0.3) is 0 Å². The van der Waals surface area contributed by atoms with Crippen molar-refractivity contribution in [3.63, 3.8) is 0 Å². The van der Waals surface area contributed by atoms with Gasteiger partial charge in [0.2, 0.25) is 0 Å². The van der Waals surface area contributed by atoms with E-state index in [9.17, 15) is 5.11 Å². The van der Waals surface area contributed by atoms with Crippen LogP contribution in [-0.2, 0) is 0 Å². The van der Waals surface area contributed by atoms with Crippen LogP contribution in [0.1, 0.15) is 57.1 Å². The zero-order valence-corrected chi connectivity index (χ0v) is 12.3. The Morgan fingerprint density at radius 2 is 1.68 bits per heavy atom. The summed E-state index contributed by atoms with van der Waals surface area (Å²) in [7, 11) is 2.16. The normalized spacial score (nSPS) is 26.7. The van der Waals surface area contributed by atoms with Crippen molar-refractivity contribution in [3.05, 3.63) is 35.9 Å². The molecule has 106 valence electrons. The van der Waals surface area contributed by atoms with Crippen molar-refractivity contribution in [3.8, 4) is 0 Å². The van der Waals surface area contributed by atoms with Crippen LogP contribution in [-0.4, -0.2) is 29.2 Å². The summed E-state index contributed by atoms with van der Waals surface area (Å²) in [5.74, 6) is 0. The summed E-state index contributed by atoms with van der Waals surface area (Å²) in [6.07, 6.45) is 6.92. The van der Waals surface area contributed by atoms with E-state index in [0.29, 0.717) is 12.1 Å². The second-order valence-corrected chi connectivity index (χ2v) is 5.88. The van der Waals surface area contributed by atoms with Crippen LogP contribution in [0.3, 0.4) is 0 Å². The van der Waals surface area contributed by atoms with E-state index < -0.39 is 0 Å². The van der Waals surface area contributed by atoms with Crippen molar-refractivity contribution in [1.29, 1.82) is 0 Å². The second kappa shape index (κ2) is 7.06. The summed E-state index contributed by atoms with van der Waals surface area (Å²) in [5, 5.41) is 10.4. The van der Waals surface area contributed by atoms with Crippen LogP contribution in [0.4, 0.5) is 0 Å². The third kappa shape index (κ3) is 3.80. The average molecular weight is 261 g/mol. The number of nitrogens with zero attached hydrogens (tertiary/aromatic N) is 1. The minimum absolute atomic E-state index is 0.170. The highest BCUT2D eigenvalue weighted by Gasteiger charge is 2.27.